The molecule has 1 fully saturated rings. The van der Waals surface area contributed by atoms with Crippen LogP contribution in [0.4, 0.5) is 5.69 Å². The molecule has 29 heavy (non-hydrogen) atoms. The van der Waals surface area contributed by atoms with Crippen molar-refractivity contribution >= 4 is 23.4 Å². The van der Waals surface area contributed by atoms with Crippen molar-refractivity contribution in [3.8, 4) is 0 Å². The van der Waals surface area contributed by atoms with Crippen LogP contribution < -0.4 is 10.2 Å². The lowest BCUT2D eigenvalue weighted by Crippen LogP contribution is -2.48. The lowest BCUT2D eigenvalue weighted by Gasteiger charge is -2.25. The van der Waals surface area contributed by atoms with Gasteiger partial charge in [-0.3, -0.25) is 19.3 Å². The third-order valence-corrected chi connectivity index (χ3v) is 5.59. The number of benzene rings is 2. The summed E-state index contributed by atoms with van der Waals surface area (Å²) in [5.41, 5.74) is 2.36. The Morgan fingerprint density at radius 3 is 2.55 bits per heavy atom. The molecule has 2 aromatic rings. The van der Waals surface area contributed by atoms with Crippen LogP contribution in [0.2, 0.25) is 0 Å². The van der Waals surface area contributed by atoms with E-state index < -0.39 is 6.04 Å². The van der Waals surface area contributed by atoms with Gasteiger partial charge < -0.3 is 10.2 Å². The molecule has 6 heteroatoms. The van der Waals surface area contributed by atoms with Crippen molar-refractivity contribution in [1.29, 1.82) is 0 Å². The Morgan fingerprint density at radius 1 is 1.03 bits per heavy atom. The first-order valence-corrected chi connectivity index (χ1v) is 10.2. The quantitative estimate of drug-likeness (QED) is 0.769. The summed E-state index contributed by atoms with van der Waals surface area (Å²) in [7, 11) is 0. The molecule has 1 saturated heterocycles. The number of likely N-dealkylation sites (tertiary alicyclic amines) is 1. The highest BCUT2D eigenvalue weighted by Crippen LogP contribution is 2.33. The van der Waals surface area contributed by atoms with Crippen LogP contribution in [0.15, 0.2) is 54.6 Å². The van der Waals surface area contributed by atoms with Crippen molar-refractivity contribution in [2.75, 3.05) is 24.5 Å². The van der Waals surface area contributed by atoms with Crippen LogP contribution in [0, 0.1) is 0 Å². The van der Waals surface area contributed by atoms with Gasteiger partial charge in [-0.15, -0.1) is 0 Å². The van der Waals surface area contributed by atoms with Crippen molar-refractivity contribution in [2.24, 2.45) is 0 Å². The first kappa shape index (κ1) is 19.2. The predicted molar refractivity (Wildman–Crippen MR) is 111 cm³/mol. The van der Waals surface area contributed by atoms with Gasteiger partial charge in [-0.1, -0.05) is 36.4 Å². The minimum atomic E-state index is -0.562. The number of hydrogen-bond donors (Lipinski definition) is 1. The van der Waals surface area contributed by atoms with Crippen molar-refractivity contribution < 1.29 is 14.4 Å². The Morgan fingerprint density at radius 2 is 1.79 bits per heavy atom. The largest absolute Gasteiger partial charge is 0.354 e. The van der Waals surface area contributed by atoms with Crippen LogP contribution >= 0.6 is 0 Å². The van der Waals surface area contributed by atoms with E-state index in [-0.39, 0.29) is 17.7 Å². The van der Waals surface area contributed by atoms with Gasteiger partial charge in [-0.2, -0.15) is 0 Å². The van der Waals surface area contributed by atoms with Gasteiger partial charge in [0.1, 0.15) is 6.04 Å². The normalized spacial score (nSPS) is 18.1. The van der Waals surface area contributed by atoms with Crippen LogP contribution in [-0.2, 0) is 16.0 Å². The molecular formula is C23H25N3O3. The fourth-order valence-electron chi connectivity index (χ4n) is 4.11. The summed E-state index contributed by atoms with van der Waals surface area (Å²) < 4.78 is 0. The van der Waals surface area contributed by atoms with Crippen LogP contribution in [0.25, 0.3) is 0 Å². The molecule has 2 aliphatic rings. The SMILES string of the molecule is O=C(NCCCN1CCCC1=O)C1Cc2ccccc2N1C(=O)c1ccccc1. The highest BCUT2D eigenvalue weighted by molar-refractivity contribution is 6.11. The zero-order chi connectivity index (χ0) is 20.2. The van der Waals surface area contributed by atoms with Gasteiger partial charge in [0.05, 0.1) is 0 Å². The molecule has 2 aromatic carbocycles. The highest BCUT2D eigenvalue weighted by Gasteiger charge is 2.38. The Bertz CT molecular complexity index is 913. The minimum absolute atomic E-state index is 0.154. The molecule has 3 amide bonds. The first-order valence-electron chi connectivity index (χ1n) is 10.2. The molecule has 0 saturated carbocycles. The number of fused-ring (bicyclic) bond motifs is 1. The zero-order valence-electron chi connectivity index (χ0n) is 16.3. The summed E-state index contributed by atoms with van der Waals surface area (Å²) in [5, 5.41) is 2.96. The number of nitrogens with zero attached hydrogens (tertiary/aromatic N) is 2. The molecule has 2 aliphatic heterocycles. The van der Waals surface area contributed by atoms with E-state index in [0.717, 1.165) is 24.2 Å². The predicted octanol–water partition coefficient (Wildman–Crippen LogP) is 2.39. The van der Waals surface area contributed by atoms with Crippen molar-refractivity contribution in [1.82, 2.24) is 10.2 Å². The molecule has 4 rings (SSSR count). The fraction of sp³-hybridized carbons (Fsp3) is 0.348. The lowest BCUT2D eigenvalue weighted by atomic mass is 10.1. The molecule has 2 heterocycles. The highest BCUT2D eigenvalue weighted by atomic mass is 16.2. The van der Waals surface area contributed by atoms with E-state index in [9.17, 15) is 14.4 Å². The average Bonchev–Trinajstić information content (AvgIpc) is 3.34. The molecule has 0 radical (unpaired) electrons. The van der Waals surface area contributed by atoms with E-state index in [2.05, 4.69) is 5.32 Å². The minimum Gasteiger partial charge on any atom is -0.354 e. The summed E-state index contributed by atoms with van der Waals surface area (Å²) in [6.07, 6.45) is 2.76. The maximum absolute atomic E-state index is 13.2. The number of para-hydroxylation sites is 1. The number of rotatable bonds is 6. The second-order valence-corrected chi connectivity index (χ2v) is 7.52. The van der Waals surface area contributed by atoms with Crippen molar-refractivity contribution in [3.63, 3.8) is 0 Å². The number of carbonyl (C=O) groups is 3. The average molecular weight is 391 g/mol. The molecule has 6 nitrogen and oxygen atoms in total. The van der Waals surface area contributed by atoms with Crippen LogP contribution in [-0.4, -0.2) is 48.3 Å². The Hall–Kier alpha value is -3.15. The summed E-state index contributed by atoms with van der Waals surface area (Å²) in [5.74, 6) is -0.126. The Kier molecular flexibility index (Phi) is 5.60. The first-order chi connectivity index (χ1) is 14.1. The maximum atomic E-state index is 13.2. The number of carbonyl (C=O) groups excluding carboxylic acids is 3. The third-order valence-electron chi connectivity index (χ3n) is 5.59. The summed E-state index contributed by atoms with van der Waals surface area (Å²) in [4.78, 5) is 41.3. The molecule has 0 aromatic heterocycles. The van der Waals surface area contributed by atoms with Crippen LogP contribution in [0.5, 0.6) is 0 Å². The number of nitrogens with one attached hydrogen (secondary N) is 1. The lowest BCUT2D eigenvalue weighted by molar-refractivity contribution is -0.127. The monoisotopic (exact) mass is 391 g/mol. The second kappa shape index (κ2) is 8.47. The molecule has 0 bridgehead atoms. The summed E-state index contributed by atoms with van der Waals surface area (Å²) in [6, 6.07) is 16.2. The second-order valence-electron chi connectivity index (χ2n) is 7.52. The molecule has 1 N–H and O–H groups in total. The smallest absolute Gasteiger partial charge is 0.259 e. The number of hydrogen-bond acceptors (Lipinski definition) is 3. The Balaban J connectivity index is 1.43. The van der Waals surface area contributed by atoms with Gasteiger partial charge in [0.25, 0.3) is 5.91 Å². The van der Waals surface area contributed by atoms with E-state index in [1.165, 1.54) is 0 Å². The van der Waals surface area contributed by atoms with E-state index in [0.29, 0.717) is 37.9 Å². The zero-order valence-corrected chi connectivity index (χ0v) is 16.3. The number of amides is 3. The fourth-order valence-corrected chi connectivity index (χ4v) is 4.11. The molecule has 0 aliphatic carbocycles. The van der Waals surface area contributed by atoms with E-state index >= 15 is 0 Å². The Labute approximate surface area is 170 Å². The number of anilines is 1. The van der Waals surface area contributed by atoms with E-state index in [1.54, 1.807) is 17.0 Å². The maximum Gasteiger partial charge on any atom is 0.259 e. The van der Waals surface area contributed by atoms with E-state index in [1.807, 2.05) is 47.4 Å². The standard InChI is InChI=1S/C23H25N3O3/c27-21-12-6-14-25(21)15-7-13-24-22(28)20-16-18-10-4-5-11-19(18)26(20)23(29)17-8-2-1-3-9-17/h1-5,8-11,20H,6-7,12-16H2,(H,24,28). The van der Waals surface area contributed by atoms with Gasteiger partial charge in [0.2, 0.25) is 11.8 Å². The van der Waals surface area contributed by atoms with E-state index in [4.69, 9.17) is 0 Å². The summed E-state index contributed by atoms with van der Waals surface area (Å²) in [6.45, 7) is 1.96. The summed E-state index contributed by atoms with van der Waals surface area (Å²) >= 11 is 0. The van der Waals surface area contributed by atoms with Crippen molar-refractivity contribution in [3.05, 3.63) is 65.7 Å². The molecule has 0 spiro atoms. The topological polar surface area (TPSA) is 69.7 Å². The molecular weight excluding hydrogens is 366 g/mol. The molecule has 150 valence electrons. The van der Waals surface area contributed by atoms with Gasteiger partial charge in [-0.05, 0) is 36.6 Å². The molecule has 1 atom stereocenters. The molecule has 1 unspecified atom stereocenters. The van der Waals surface area contributed by atoms with Crippen LogP contribution in [0.1, 0.15) is 35.2 Å². The van der Waals surface area contributed by atoms with Gasteiger partial charge in [0.15, 0.2) is 0 Å². The van der Waals surface area contributed by atoms with Gasteiger partial charge in [0, 0.05) is 43.7 Å². The van der Waals surface area contributed by atoms with Gasteiger partial charge in [-0.25, -0.2) is 0 Å². The third kappa shape index (κ3) is 4.01. The van der Waals surface area contributed by atoms with Crippen LogP contribution in [0.3, 0.4) is 0 Å². The van der Waals surface area contributed by atoms with Crippen molar-refractivity contribution in [2.45, 2.75) is 31.7 Å². The van der Waals surface area contributed by atoms with Gasteiger partial charge >= 0.3 is 0 Å².